The Labute approximate surface area is 291 Å². The molecule has 0 spiro atoms. The maximum absolute atomic E-state index is 6.05. The number of benzene rings is 2. The van der Waals surface area contributed by atoms with E-state index in [1.54, 1.807) is 12.4 Å². The van der Waals surface area contributed by atoms with Crippen LogP contribution in [0.25, 0.3) is 11.4 Å². The first kappa shape index (κ1) is 36.0. The molecule has 4 rings (SSSR count). The Morgan fingerprint density at radius 2 is 0.833 bits per heavy atom. The summed E-state index contributed by atoms with van der Waals surface area (Å²) < 4.78 is 12.1. The number of rotatable bonds is 17. The van der Waals surface area contributed by atoms with E-state index < -0.39 is 19.5 Å². The molecule has 0 aliphatic carbocycles. The number of allylic oxidation sites excluding steroid dienone is 4. The molecule has 2 aromatic heterocycles. The quantitative estimate of drug-likeness (QED) is 0.0798. The summed E-state index contributed by atoms with van der Waals surface area (Å²) in [5, 5.41) is 2.52. The van der Waals surface area contributed by atoms with Gasteiger partial charge >= 0.3 is 0 Å². The molecule has 0 radical (unpaired) electrons. The summed E-state index contributed by atoms with van der Waals surface area (Å²) in [6.07, 6.45) is 15.2. The van der Waals surface area contributed by atoms with E-state index in [0.29, 0.717) is 11.8 Å². The molecule has 0 amide bonds. The lowest BCUT2D eigenvalue weighted by atomic mass is 10.0. The number of pyridine rings is 2. The molecule has 0 saturated carbocycles. The fraction of sp³-hybridized carbons (Fsp3) is 0.190. The highest BCUT2D eigenvalue weighted by molar-refractivity contribution is 6.47. The van der Waals surface area contributed by atoms with E-state index in [1.807, 2.05) is 48.6 Å². The first-order chi connectivity index (χ1) is 23.6. The number of hydrogen-bond donors (Lipinski definition) is 0. The van der Waals surface area contributed by atoms with Crippen LogP contribution in [-0.4, -0.2) is 42.7 Å². The predicted molar refractivity (Wildman–Crippen MR) is 207 cm³/mol. The van der Waals surface area contributed by atoms with Crippen LogP contribution in [0.5, 0.6) is 0 Å². The lowest BCUT2D eigenvalue weighted by Crippen LogP contribution is -2.20. The standard InChI is InChI=1S/C42H44N2O2Si2/c1-5-9-37(10-6-2)31-45-47-39-23-17-33(18-24-39)13-15-35-21-27-41(43-29-35)42-28-22-36(30-44-42)16-14-34-19-25-40(26-20-34)48-46-32-38(11-7-3)12-8-4/h5-8,17-30,37-38H,1-4,9-12,31-32,47-48H2. The van der Waals surface area contributed by atoms with Crippen molar-refractivity contribution in [2.45, 2.75) is 25.7 Å². The summed E-state index contributed by atoms with van der Waals surface area (Å²) in [6, 6.07) is 24.5. The van der Waals surface area contributed by atoms with Crippen LogP contribution in [-0.2, 0) is 8.85 Å². The third-order valence-corrected chi connectivity index (χ3v) is 10.1. The molecule has 242 valence electrons. The van der Waals surface area contributed by atoms with Gasteiger partial charge in [-0.15, -0.1) is 26.3 Å². The van der Waals surface area contributed by atoms with Crippen molar-refractivity contribution in [3.05, 3.63) is 158 Å². The van der Waals surface area contributed by atoms with Crippen LogP contribution in [0.2, 0.25) is 0 Å². The number of aromatic nitrogens is 2. The van der Waals surface area contributed by atoms with Crippen LogP contribution in [0.15, 0.2) is 136 Å². The van der Waals surface area contributed by atoms with Crippen molar-refractivity contribution in [3.63, 3.8) is 0 Å². The molecule has 0 atom stereocenters. The Morgan fingerprint density at radius 3 is 1.15 bits per heavy atom. The SMILES string of the molecule is C=CCC(CC=C)CO[SiH2]c1ccc(C#Cc2ccc(-c3ccc(C#Cc4ccc([SiH2]OCC(CC=C)CC=C)cc4)cn3)nc2)cc1. The molecule has 0 aliphatic heterocycles. The zero-order valence-electron chi connectivity index (χ0n) is 27.7. The Kier molecular flexibility index (Phi) is 15.3. The molecule has 6 heteroatoms. The van der Waals surface area contributed by atoms with Crippen LogP contribution in [0, 0.1) is 35.5 Å². The summed E-state index contributed by atoms with van der Waals surface area (Å²) >= 11 is 0. The fourth-order valence-corrected chi connectivity index (χ4v) is 7.22. The van der Waals surface area contributed by atoms with Crippen molar-refractivity contribution in [2.75, 3.05) is 13.2 Å². The fourth-order valence-electron chi connectivity index (χ4n) is 4.99. The minimum absolute atomic E-state index is 0.462. The molecule has 0 aliphatic rings. The van der Waals surface area contributed by atoms with Gasteiger partial charge in [0.25, 0.3) is 0 Å². The molecule has 0 unspecified atom stereocenters. The monoisotopic (exact) mass is 664 g/mol. The van der Waals surface area contributed by atoms with Crippen LogP contribution in [0.1, 0.15) is 47.9 Å². The van der Waals surface area contributed by atoms with Gasteiger partial charge in [-0.3, -0.25) is 9.97 Å². The van der Waals surface area contributed by atoms with Gasteiger partial charge in [0.1, 0.15) is 0 Å². The van der Waals surface area contributed by atoms with Crippen molar-refractivity contribution in [2.24, 2.45) is 11.8 Å². The van der Waals surface area contributed by atoms with Crippen LogP contribution in [0.3, 0.4) is 0 Å². The second-order valence-electron chi connectivity index (χ2n) is 11.6. The molecule has 4 aromatic rings. The number of nitrogens with zero attached hydrogens (tertiary/aromatic N) is 2. The topological polar surface area (TPSA) is 44.2 Å². The van der Waals surface area contributed by atoms with Crippen molar-refractivity contribution in [1.82, 2.24) is 9.97 Å². The Bertz CT molecular complexity index is 1590. The van der Waals surface area contributed by atoms with Crippen LogP contribution < -0.4 is 10.4 Å². The number of hydrogen-bond acceptors (Lipinski definition) is 4. The van der Waals surface area contributed by atoms with E-state index in [0.717, 1.165) is 72.5 Å². The van der Waals surface area contributed by atoms with Crippen molar-refractivity contribution < 1.29 is 8.85 Å². The minimum atomic E-state index is -0.773. The molecule has 48 heavy (non-hydrogen) atoms. The van der Waals surface area contributed by atoms with Crippen LogP contribution in [0.4, 0.5) is 0 Å². The molecule has 4 nitrogen and oxygen atoms in total. The normalized spacial score (nSPS) is 11.0. The summed E-state index contributed by atoms with van der Waals surface area (Å²) in [6.45, 7) is 16.9. The third-order valence-electron chi connectivity index (χ3n) is 7.64. The average molecular weight is 665 g/mol. The van der Waals surface area contributed by atoms with Gasteiger partial charge in [0.15, 0.2) is 19.5 Å². The molecule has 0 fully saturated rings. The maximum atomic E-state index is 6.05. The van der Waals surface area contributed by atoms with E-state index in [2.05, 4.69) is 108 Å². The molecule has 2 aromatic carbocycles. The van der Waals surface area contributed by atoms with Crippen molar-refractivity contribution in [3.8, 4) is 35.1 Å². The summed E-state index contributed by atoms with van der Waals surface area (Å²) in [4.78, 5) is 9.18. The summed E-state index contributed by atoms with van der Waals surface area (Å²) in [5.41, 5.74) is 5.21. The second kappa shape index (κ2) is 20.4. The van der Waals surface area contributed by atoms with E-state index in [1.165, 1.54) is 10.4 Å². The Morgan fingerprint density at radius 1 is 0.500 bits per heavy atom. The van der Waals surface area contributed by atoms with Gasteiger partial charge in [-0.1, -0.05) is 72.3 Å². The van der Waals surface area contributed by atoms with Gasteiger partial charge in [-0.25, -0.2) is 0 Å². The molecule has 0 N–H and O–H groups in total. The predicted octanol–water partition coefficient (Wildman–Crippen LogP) is 5.93. The highest BCUT2D eigenvalue weighted by Gasteiger charge is 2.07. The second-order valence-corrected chi connectivity index (χ2v) is 14.6. The average Bonchev–Trinajstić information content (AvgIpc) is 3.12. The lowest BCUT2D eigenvalue weighted by molar-refractivity contribution is 0.266. The van der Waals surface area contributed by atoms with E-state index in [-0.39, 0.29) is 0 Å². The largest absolute Gasteiger partial charge is 0.418 e. The first-order valence-electron chi connectivity index (χ1n) is 16.3. The first-order valence-corrected chi connectivity index (χ1v) is 18.9. The molecule has 2 heterocycles. The third kappa shape index (κ3) is 12.4. The zero-order chi connectivity index (χ0) is 33.8. The minimum Gasteiger partial charge on any atom is -0.418 e. The van der Waals surface area contributed by atoms with Gasteiger partial charge in [0.2, 0.25) is 0 Å². The van der Waals surface area contributed by atoms with Crippen molar-refractivity contribution in [1.29, 1.82) is 0 Å². The summed E-state index contributed by atoms with van der Waals surface area (Å²) in [7, 11) is -1.55. The molecule has 0 bridgehead atoms. The smallest absolute Gasteiger partial charge is 0.192 e. The van der Waals surface area contributed by atoms with Gasteiger partial charge in [-0.05, 0) is 96.4 Å². The highest BCUT2D eigenvalue weighted by atomic mass is 28.2. The van der Waals surface area contributed by atoms with Crippen LogP contribution >= 0.6 is 0 Å². The molecular weight excluding hydrogens is 621 g/mol. The van der Waals surface area contributed by atoms with Gasteiger partial charge in [-0.2, -0.15) is 0 Å². The van der Waals surface area contributed by atoms with E-state index in [9.17, 15) is 0 Å². The molecule has 0 saturated heterocycles. The Balaban J connectivity index is 1.25. The summed E-state index contributed by atoms with van der Waals surface area (Å²) in [5.74, 6) is 13.8. The highest BCUT2D eigenvalue weighted by Crippen LogP contribution is 2.15. The van der Waals surface area contributed by atoms with Gasteiger partial charge in [0.05, 0.1) is 11.4 Å². The van der Waals surface area contributed by atoms with E-state index >= 15 is 0 Å². The lowest BCUT2D eigenvalue weighted by Gasteiger charge is -2.13. The van der Waals surface area contributed by atoms with Gasteiger partial charge < -0.3 is 8.85 Å². The van der Waals surface area contributed by atoms with Gasteiger partial charge in [0, 0.05) is 47.9 Å². The maximum Gasteiger partial charge on any atom is 0.192 e. The van der Waals surface area contributed by atoms with E-state index in [4.69, 9.17) is 8.85 Å². The Hall–Kier alpha value is -4.83. The zero-order valence-corrected chi connectivity index (χ0v) is 30.6. The molecular formula is C42H44N2O2Si2. The van der Waals surface area contributed by atoms with Crippen molar-refractivity contribution >= 4 is 29.9 Å².